The maximum absolute atomic E-state index is 13.7. The zero-order valence-corrected chi connectivity index (χ0v) is 16.6. The third-order valence-electron chi connectivity index (χ3n) is 4.88. The Kier molecular flexibility index (Phi) is 5.58. The molecule has 0 aliphatic carbocycles. The minimum absolute atomic E-state index is 0.232. The van der Waals surface area contributed by atoms with Crippen molar-refractivity contribution in [3.05, 3.63) is 66.2 Å². The summed E-state index contributed by atoms with van der Waals surface area (Å²) in [5.74, 6) is -0.232. The van der Waals surface area contributed by atoms with Crippen molar-refractivity contribution in [3.63, 3.8) is 0 Å². The van der Waals surface area contributed by atoms with E-state index in [1.807, 2.05) is 86.4 Å². The Morgan fingerprint density at radius 1 is 0.964 bits per heavy atom. The van der Waals surface area contributed by atoms with Crippen molar-refractivity contribution in [3.8, 4) is 0 Å². The number of benzene rings is 2. The third kappa shape index (κ3) is 3.96. The molecule has 2 amide bonds. The Bertz CT molecular complexity index is 818. The molecule has 1 heterocycles. The average molecular weight is 381 g/mol. The van der Waals surface area contributed by atoms with Gasteiger partial charge in [0.2, 0.25) is 0 Å². The molecule has 1 atom stereocenters. The maximum atomic E-state index is 13.7. The highest BCUT2D eigenvalue weighted by Gasteiger charge is 2.42. The van der Waals surface area contributed by atoms with Crippen LogP contribution in [-0.4, -0.2) is 45.6 Å². The molecule has 0 saturated carbocycles. The molecular weight excluding hydrogens is 354 g/mol. The normalized spacial score (nSPS) is 15.4. The highest BCUT2D eigenvalue weighted by molar-refractivity contribution is 5.88. The van der Waals surface area contributed by atoms with Gasteiger partial charge in [0.05, 0.1) is 5.69 Å². The molecular formula is C22H27N3O3. The van der Waals surface area contributed by atoms with Gasteiger partial charge in [-0.3, -0.25) is 19.7 Å². The highest BCUT2D eigenvalue weighted by atomic mass is 16.4. The van der Waals surface area contributed by atoms with Gasteiger partial charge in [-0.1, -0.05) is 48.5 Å². The van der Waals surface area contributed by atoms with Crippen molar-refractivity contribution >= 4 is 17.7 Å². The van der Waals surface area contributed by atoms with Gasteiger partial charge in [0.15, 0.2) is 0 Å². The number of carboxylic acid groups (broad SMARTS) is 1. The molecule has 0 spiro atoms. The summed E-state index contributed by atoms with van der Waals surface area (Å²) >= 11 is 0. The van der Waals surface area contributed by atoms with Crippen molar-refractivity contribution in [2.24, 2.45) is 0 Å². The smallest absolute Gasteiger partial charge is 0.408 e. The largest absolute Gasteiger partial charge is 0.465 e. The molecule has 1 aliphatic heterocycles. The topological polar surface area (TPSA) is 64.1 Å². The Labute approximate surface area is 165 Å². The van der Waals surface area contributed by atoms with Crippen molar-refractivity contribution in [1.29, 1.82) is 0 Å². The number of rotatable bonds is 4. The number of nitrogens with zero attached hydrogens (tertiary/aromatic N) is 3. The summed E-state index contributed by atoms with van der Waals surface area (Å²) in [6.07, 6.45) is -0.273. The molecule has 1 N–H and O–H groups in total. The fraction of sp³-hybridized carbons (Fsp3) is 0.364. The van der Waals surface area contributed by atoms with Crippen LogP contribution in [0, 0.1) is 0 Å². The lowest BCUT2D eigenvalue weighted by molar-refractivity contribution is -0.138. The van der Waals surface area contributed by atoms with Crippen LogP contribution in [0.5, 0.6) is 0 Å². The van der Waals surface area contributed by atoms with E-state index < -0.39 is 17.7 Å². The van der Waals surface area contributed by atoms with E-state index in [0.717, 1.165) is 18.7 Å². The van der Waals surface area contributed by atoms with Gasteiger partial charge in [0.25, 0.3) is 5.91 Å². The molecule has 148 valence electrons. The Morgan fingerprint density at radius 2 is 1.54 bits per heavy atom. The molecule has 6 nitrogen and oxygen atoms in total. The first-order valence-electron chi connectivity index (χ1n) is 9.52. The zero-order valence-electron chi connectivity index (χ0n) is 16.6. The molecule has 1 aliphatic rings. The van der Waals surface area contributed by atoms with E-state index in [1.54, 1.807) is 5.01 Å². The lowest BCUT2D eigenvalue weighted by atomic mass is 9.97. The summed E-state index contributed by atoms with van der Waals surface area (Å²) in [4.78, 5) is 27.1. The summed E-state index contributed by atoms with van der Waals surface area (Å²) in [5.41, 5.74) is 0.863. The van der Waals surface area contributed by atoms with E-state index >= 15 is 0 Å². The molecule has 0 unspecified atom stereocenters. The SMILES string of the molecule is CC(C)(C)N(C(=O)O)[C@H](C(=O)N1CCCN1c1ccccc1)c1ccccc1. The van der Waals surface area contributed by atoms with Gasteiger partial charge in [-0.25, -0.2) is 4.79 Å². The Morgan fingerprint density at radius 3 is 2.07 bits per heavy atom. The minimum atomic E-state index is -1.11. The quantitative estimate of drug-likeness (QED) is 0.864. The lowest BCUT2D eigenvalue weighted by Gasteiger charge is -2.41. The fourth-order valence-electron chi connectivity index (χ4n) is 3.67. The zero-order chi connectivity index (χ0) is 20.3. The van der Waals surface area contributed by atoms with Crippen LogP contribution < -0.4 is 5.01 Å². The minimum Gasteiger partial charge on any atom is -0.465 e. The van der Waals surface area contributed by atoms with E-state index in [9.17, 15) is 14.7 Å². The number of anilines is 1. The van der Waals surface area contributed by atoms with Gasteiger partial charge < -0.3 is 5.11 Å². The molecule has 28 heavy (non-hydrogen) atoms. The van der Waals surface area contributed by atoms with E-state index in [2.05, 4.69) is 0 Å². The Hall–Kier alpha value is -3.02. The molecule has 1 fully saturated rings. The summed E-state index contributed by atoms with van der Waals surface area (Å²) in [6, 6.07) is 18.0. The van der Waals surface area contributed by atoms with Crippen LogP contribution in [0.4, 0.5) is 10.5 Å². The number of para-hydroxylation sites is 1. The first-order chi connectivity index (χ1) is 13.3. The van der Waals surface area contributed by atoms with Gasteiger partial charge in [0.1, 0.15) is 6.04 Å². The van der Waals surface area contributed by atoms with Gasteiger partial charge in [-0.2, -0.15) is 0 Å². The van der Waals surface area contributed by atoms with Crippen LogP contribution in [0.15, 0.2) is 60.7 Å². The fourth-order valence-corrected chi connectivity index (χ4v) is 3.67. The molecule has 6 heteroatoms. The predicted molar refractivity (Wildman–Crippen MR) is 109 cm³/mol. The van der Waals surface area contributed by atoms with Gasteiger partial charge in [-0.15, -0.1) is 0 Å². The number of amides is 2. The Balaban J connectivity index is 2.02. The number of carbonyl (C=O) groups is 2. The predicted octanol–water partition coefficient (Wildman–Crippen LogP) is 4.16. The van der Waals surface area contributed by atoms with E-state index in [0.29, 0.717) is 12.1 Å². The molecule has 0 aromatic heterocycles. The van der Waals surface area contributed by atoms with Crippen LogP contribution in [0.3, 0.4) is 0 Å². The number of hydrazine groups is 1. The molecule has 0 radical (unpaired) electrons. The number of carbonyl (C=O) groups excluding carboxylic acids is 1. The second-order valence-corrected chi connectivity index (χ2v) is 7.91. The van der Waals surface area contributed by atoms with E-state index in [4.69, 9.17) is 0 Å². The van der Waals surface area contributed by atoms with Crippen molar-refractivity contribution < 1.29 is 14.7 Å². The van der Waals surface area contributed by atoms with Crippen molar-refractivity contribution in [1.82, 2.24) is 9.91 Å². The van der Waals surface area contributed by atoms with Crippen LogP contribution in [-0.2, 0) is 4.79 Å². The second-order valence-electron chi connectivity index (χ2n) is 7.91. The lowest BCUT2D eigenvalue weighted by Crippen LogP contribution is -2.54. The van der Waals surface area contributed by atoms with Gasteiger partial charge in [-0.05, 0) is 44.9 Å². The molecule has 2 aromatic rings. The second kappa shape index (κ2) is 7.92. The van der Waals surface area contributed by atoms with Crippen LogP contribution in [0.1, 0.15) is 38.8 Å². The molecule has 1 saturated heterocycles. The first kappa shape index (κ1) is 19.7. The summed E-state index contributed by atoms with van der Waals surface area (Å²) in [7, 11) is 0. The molecule has 3 rings (SSSR count). The van der Waals surface area contributed by atoms with E-state index in [1.165, 1.54) is 4.90 Å². The number of hydrogen-bond donors (Lipinski definition) is 1. The van der Waals surface area contributed by atoms with Gasteiger partial charge >= 0.3 is 6.09 Å². The van der Waals surface area contributed by atoms with Crippen LogP contribution in [0.2, 0.25) is 0 Å². The summed E-state index contributed by atoms with van der Waals surface area (Å²) < 4.78 is 0. The van der Waals surface area contributed by atoms with Gasteiger partial charge in [0, 0.05) is 18.6 Å². The summed E-state index contributed by atoms with van der Waals surface area (Å²) in [6.45, 7) is 6.71. The first-order valence-corrected chi connectivity index (χ1v) is 9.52. The van der Waals surface area contributed by atoms with Crippen molar-refractivity contribution in [2.75, 3.05) is 18.1 Å². The monoisotopic (exact) mass is 381 g/mol. The highest BCUT2D eigenvalue weighted by Crippen LogP contribution is 2.33. The molecule has 0 bridgehead atoms. The maximum Gasteiger partial charge on any atom is 0.408 e. The van der Waals surface area contributed by atoms with Crippen LogP contribution >= 0.6 is 0 Å². The van der Waals surface area contributed by atoms with E-state index in [-0.39, 0.29) is 5.91 Å². The van der Waals surface area contributed by atoms with Crippen molar-refractivity contribution in [2.45, 2.75) is 38.8 Å². The molecule has 2 aromatic carbocycles. The average Bonchev–Trinajstić information content (AvgIpc) is 3.15. The number of hydrogen-bond acceptors (Lipinski definition) is 3. The van der Waals surface area contributed by atoms with Crippen LogP contribution in [0.25, 0.3) is 0 Å². The summed E-state index contributed by atoms with van der Waals surface area (Å²) in [5, 5.41) is 13.6. The standard InChI is InChI=1S/C22H27N3O3/c1-22(2,3)25(21(27)28)19(17-11-6-4-7-12-17)20(26)24-16-10-15-23(24)18-13-8-5-9-14-18/h4-9,11-14,19H,10,15-16H2,1-3H3,(H,27,28)/t19-/m0/s1. The third-order valence-corrected chi connectivity index (χ3v) is 4.88.